The van der Waals surface area contributed by atoms with Crippen LogP contribution in [0.5, 0.6) is 0 Å². The first-order valence-corrected chi connectivity index (χ1v) is 7.49. The number of esters is 1. The Labute approximate surface area is 145 Å². The van der Waals surface area contributed by atoms with Gasteiger partial charge in [-0.25, -0.2) is 9.78 Å². The number of likely N-dealkylation sites (N-methyl/N-ethyl adjacent to an activating group) is 2. The average Bonchev–Trinajstić information content (AvgIpc) is 2.65. The second kappa shape index (κ2) is 8.04. The van der Waals surface area contributed by atoms with E-state index in [-0.39, 0.29) is 11.5 Å². The first-order valence-electron chi connectivity index (χ1n) is 7.49. The summed E-state index contributed by atoms with van der Waals surface area (Å²) in [5.74, 6) is -0.648. The molecule has 0 saturated carbocycles. The highest BCUT2D eigenvalue weighted by molar-refractivity contribution is 5.87. The first-order chi connectivity index (χ1) is 11.9. The van der Waals surface area contributed by atoms with Crippen LogP contribution in [0.3, 0.4) is 0 Å². The number of pyridine rings is 2. The molecule has 2 aromatic rings. The van der Waals surface area contributed by atoms with E-state index < -0.39 is 10.9 Å². The number of hydrogen-bond donors (Lipinski definition) is 0. The molecule has 9 nitrogen and oxygen atoms in total. The Hall–Kier alpha value is -3.23. The second-order valence-electron chi connectivity index (χ2n) is 5.37. The SMILES string of the molecule is COC(=O)c1ccc(N(C)CCN(C)c2ccc([N+](=O)[O-])nc2)cn1. The number of ether oxygens (including phenoxy) is 1. The fraction of sp³-hybridized carbons (Fsp3) is 0.312. The summed E-state index contributed by atoms with van der Waals surface area (Å²) in [7, 11) is 5.11. The van der Waals surface area contributed by atoms with Gasteiger partial charge in [-0.2, -0.15) is 0 Å². The molecule has 0 atom stereocenters. The van der Waals surface area contributed by atoms with Crippen LogP contribution < -0.4 is 9.80 Å². The molecule has 0 saturated heterocycles. The summed E-state index contributed by atoms with van der Waals surface area (Å²) in [6.07, 6.45) is 3.09. The van der Waals surface area contributed by atoms with Crippen molar-refractivity contribution in [3.8, 4) is 0 Å². The quantitative estimate of drug-likeness (QED) is 0.425. The lowest BCUT2D eigenvalue weighted by Crippen LogP contribution is -2.30. The molecule has 0 aliphatic heterocycles. The van der Waals surface area contributed by atoms with Gasteiger partial charge in [0.15, 0.2) is 6.20 Å². The number of hydrogen-bond acceptors (Lipinski definition) is 8. The van der Waals surface area contributed by atoms with E-state index in [0.29, 0.717) is 13.1 Å². The van der Waals surface area contributed by atoms with Crippen LogP contribution in [0, 0.1) is 10.1 Å². The molecular formula is C16H19N5O4. The number of aromatic nitrogens is 2. The van der Waals surface area contributed by atoms with Gasteiger partial charge in [-0.15, -0.1) is 0 Å². The molecule has 0 amide bonds. The Morgan fingerprint density at radius 3 is 2.04 bits per heavy atom. The third-order valence-corrected chi connectivity index (χ3v) is 3.71. The van der Waals surface area contributed by atoms with Crippen molar-refractivity contribution < 1.29 is 14.5 Å². The molecule has 2 heterocycles. The monoisotopic (exact) mass is 345 g/mol. The van der Waals surface area contributed by atoms with Crippen molar-refractivity contribution in [2.24, 2.45) is 0 Å². The smallest absolute Gasteiger partial charge is 0.363 e. The number of carbonyl (C=O) groups is 1. The summed E-state index contributed by atoms with van der Waals surface area (Å²) in [6.45, 7) is 1.36. The lowest BCUT2D eigenvalue weighted by atomic mass is 10.3. The van der Waals surface area contributed by atoms with E-state index in [1.165, 1.54) is 19.4 Å². The number of carbonyl (C=O) groups excluding carboxylic acids is 1. The van der Waals surface area contributed by atoms with Crippen molar-refractivity contribution >= 4 is 23.2 Å². The molecular weight excluding hydrogens is 326 g/mol. The fourth-order valence-corrected chi connectivity index (χ4v) is 2.11. The Bertz CT molecular complexity index is 733. The van der Waals surface area contributed by atoms with Crippen molar-refractivity contribution in [2.45, 2.75) is 0 Å². The fourth-order valence-electron chi connectivity index (χ4n) is 2.11. The van der Waals surface area contributed by atoms with Gasteiger partial charge in [-0.05, 0) is 28.1 Å². The zero-order valence-corrected chi connectivity index (χ0v) is 14.2. The lowest BCUT2D eigenvalue weighted by Gasteiger charge is -2.24. The number of nitrogens with zero attached hydrogens (tertiary/aromatic N) is 5. The van der Waals surface area contributed by atoms with E-state index in [4.69, 9.17) is 0 Å². The zero-order valence-electron chi connectivity index (χ0n) is 14.2. The summed E-state index contributed by atoms with van der Waals surface area (Å²) in [5, 5.41) is 10.6. The van der Waals surface area contributed by atoms with Gasteiger partial charge in [0.25, 0.3) is 0 Å². The van der Waals surface area contributed by atoms with Crippen LogP contribution in [0.1, 0.15) is 10.5 Å². The minimum atomic E-state index is -0.525. The predicted octanol–water partition coefficient (Wildman–Crippen LogP) is 1.74. The predicted molar refractivity (Wildman–Crippen MR) is 93.0 cm³/mol. The molecule has 0 aliphatic carbocycles. The molecule has 9 heteroatoms. The minimum Gasteiger partial charge on any atom is -0.464 e. The highest BCUT2D eigenvalue weighted by Gasteiger charge is 2.11. The second-order valence-corrected chi connectivity index (χ2v) is 5.37. The summed E-state index contributed by atoms with van der Waals surface area (Å²) in [6, 6.07) is 6.46. The van der Waals surface area contributed by atoms with E-state index in [1.54, 1.807) is 24.4 Å². The van der Waals surface area contributed by atoms with E-state index in [2.05, 4.69) is 14.7 Å². The summed E-state index contributed by atoms with van der Waals surface area (Å²) >= 11 is 0. The van der Waals surface area contributed by atoms with E-state index >= 15 is 0 Å². The maximum absolute atomic E-state index is 11.4. The molecule has 0 aromatic carbocycles. The average molecular weight is 345 g/mol. The van der Waals surface area contributed by atoms with Gasteiger partial charge < -0.3 is 24.7 Å². The molecule has 2 rings (SSSR count). The third kappa shape index (κ3) is 4.63. The number of nitro groups is 1. The standard InChI is InChI=1S/C16H19N5O4/c1-19(12-4-6-14(17-10-12)16(22)25-3)8-9-20(2)13-5-7-15(18-11-13)21(23)24/h4-7,10-11H,8-9H2,1-3H3. The molecule has 0 bridgehead atoms. The molecule has 0 spiro atoms. The van der Waals surface area contributed by atoms with Gasteiger partial charge in [0.2, 0.25) is 0 Å². The summed E-state index contributed by atoms with van der Waals surface area (Å²) in [5.41, 5.74) is 1.91. The van der Waals surface area contributed by atoms with Crippen molar-refractivity contribution in [1.82, 2.24) is 9.97 Å². The Morgan fingerprint density at radius 1 is 1.08 bits per heavy atom. The van der Waals surface area contributed by atoms with E-state index in [0.717, 1.165) is 11.4 Å². The zero-order chi connectivity index (χ0) is 18.4. The maximum Gasteiger partial charge on any atom is 0.363 e. The van der Waals surface area contributed by atoms with Gasteiger partial charge in [0.05, 0.1) is 24.7 Å². The van der Waals surface area contributed by atoms with Crippen LogP contribution in [0.2, 0.25) is 0 Å². The Morgan fingerprint density at radius 2 is 1.64 bits per heavy atom. The van der Waals surface area contributed by atoms with Gasteiger partial charge in [-0.1, -0.05) is 0 Å². The van der Waals surface area contributed by atoms with Gasteiger partial charge in [-0.3, -0.25) is 0 Å². The normalized spacial score (nSPS) is 10.2. The van der Waals surface area contributed by atoms with Crippen LogP contribution in [0.25, 0.3) is 0 Å². The highest BCUT2D eigenvalue weighted by Crippen LogP contribution is 2.16. The van der Waals surface area contributed by atoms with Crippen molar-refractivity contribution in [2.75, 3.05) is 44.1 Å². The van der Waals surface area contributed by atoms with E-state index in [1.807, 2.05) is 23.9 Å². The topological polar surface area (TPSA) is 102 Å². The molecule has 0 fully saturated rings. The van der Waals surface area contributed by atoms with Crippen molar-refractivity contribution in [3.05, 3.63) is 52.5 Å². The van der Waals surface area contributed by atoms with Crippen molar-refractivity contribution in [1.29, 1.82) is 0 Å². The largest absolute Gasteiger partial charge is 0.464 e. The number of methoxy groups -OCH3 is 1. The lowest BCUT2D eigenvalue weighted by molar-refractivity contribution is -0.389. The molecule has 132 valence electrons. The molecule has 25 heavy (non-hydrogen) atoms. The van der Waals surface area contributed by atoms with Crippen LogP contribution in [0.15, 0.2) is 36.7 Å². The van der Waals surface area contributed by atoms with Crippen LogP contribution in [0.4, 0.5) is 17.2 Å². The van der Waals surface area contributed by atoms with E-state index in [9.17, 15) is 14.9 Å². The maximum atomic E-state index is 11.4. The molecule has 0 unspecified atom stereocenters. The summed E-state index contributed by atoms with van der Waals surface area (Å²) < 4.78 is 4.62. The van der Waals surface area contributed by atoms with Gasteiger partial charge in [0.1, 0.15) is 5.69 Å². The Balaban J connectivity index is 1.93. The van der Waals surface area contributed by atoms with Gasteiger partial charge >= 0.3 is 11.8 Å². The number of rotatable bonds is 7. The molecule has 0 N–H and O–H groups in total. The first kappa shape index (κ1) is 18.1. The molecule has 2 aromatic heterocycles. The highest BCUT2D eigenvalue weighted by atomic mass is 16.6. The van der Waals surface area contributed by atoms with Crippen LogP contribution in [-0.2, 0) is 4.74 Å². The van der Waals surface area contributed by atoms with Crippen LogP contribution >= 0.6 is 0 Å². The van der Waals surface area contributed by atoms with Gasteiger partial charge in [0, 0.05) is 33.3 Å². The molecule has 0 radical (unpaired) electrons. The van der Waals surface area contributed by atoms with Crippen molar-refractivity contribution in [3.63, 3.8) is 0 Å². The minimum absolute atomic E-state index is 0.175. The number of anilines is 2. The molecule has 0 aliphatic rings. The summed E-state index contributed by atoms with van der Waals surface area (Å²) in [4.78, 5) is 33.3. The Kier molecular flexibility index (Phi) is 5.83. The third-order valence-electron chi connectivity index (χ3n) is 3.71. The van der Waals surface area contributed by atoms with Crippen LogP contribution in [-0.4, -0.2) is 55.2 Å².